The molecule has 0 aromatic rings. The molecular formula is C9H17NO2. The highest BCUT2D eigenvalue weighted by Gasteiger charge is 2.03. The Bertz CT molecular complexity index is 141. The fraction of sp³-hybridized carbons (Fsp3) is 0.889. The van der Waals surface area contributed by atoms with E-state index >= 15 is 0 Å². The molecule has 0 rings (SSSR count). The summed E-state index contributed by atoms with van der Waals surface area (Å²) in [7, 11) is 0. The lowest BCUT2D eigenvalue weighted by Gasteiger charge is -2.09. The summed E-state index contributed by atoms with van der Waals surface area (Å²) in [5.74, 6) is 0. The van der Waals surface area contributed by atoms with Gasteiger partial charge < -0.3 is 4.74 Å². The summed E-state index contributed by atoms with van der Waals surface area (Å²) >= 11 is 0. The highest BCUT2D eigenvalue weighted by molar-refractivity contribution is 5.33. The van der Waals surface area contributed by atoms with Gasteiger partial charge in [0.15, 0.2) is 6.23 Å². The van der Waals surface area contributed by atoms with Crippen molar-refractivity contribution in [3.05, 3.63) is 0 Å². The monoisotopic (exact) mass is 171 g/mol. The van der Waals surface area contributed by atoms with Gasteiger partial charge in [0.1, 0.15) is 0 Å². The minimum atomic E-state index is -0.265. The lowest BCUT2D eigenvalue weighted by atomic mass is 10.3. The van der Waals surface area contributed by atoms with Crippen LogP contribution in [0.5, 0.6) is 0 Å². The molecule has 70 valence electrons. The molecule has 0 bridgehead atoms. The van der Waals surface area contributed by atoms with E-state index in [9.17, 15) is 4.79 Å². The van der Waals surface area contributed by atoms with Gasteiger partial charge >= 0.3 is 0 Å². The second kappa shape index (κ2) is 8.44. The SMILES string of the molecule is CCCCOC(CCC)N=C=O. The largest absolute Gasteiger partial charge is 0.356 e. The summed E-state index contributed by atoms with van der Waals surface area (Å²) in [5.41, 5.74) is 0. The quantitative estimate of drug-likeness (QED) is 0.335. The number of rotatable bonds is 7. The molecule has 0 radical (unpaired) electrons. The number of aliphatic imine (C=N–C) groups is 1. The molecule has 0 spiro atoms. The summed E-state index contributed by atoms with van der Waals surface area (Å²) in [6, 6.07) is 0. The van der Waals surface area contributed by atoms with E-state index in [4.69, 9.17) is 4.74 Å². The first-order valence-electron chi connectivity index (χ1n) is 4.53. The fourth-order valence-corrected chi connectivity index (χ4v) is 0.855. The Kier molecular flexibility index (Phi) is 7.97. The Hall–Kier alpha value is -0.660. The topological polar surface area (TPSA) is 38.7 Å². The molecule has 0 saturated heterocycles. The maximum atomic E-state index is 9.95. The first kappa shape index (κ1) is 11.3. The molecule has 0 N–H and O–H groups in total. The smallest absolute Gasteiger partial charge is 0.237 e. The molecule has 0 aromatic carbocycles. The van der Waals surface area contributed by atoms with E-state index in [1.807, 2.05) is 6.92 Å². The zero-order valence-corrected chi connectivity index (χ0v) is 7.88. The van der Waals surface area contributed by atoms with Crippen molar-refractivity contribution in [3.63, 3.8) is 0 Å². The fourth-order valence-electron chi connectivity index (χ4n) is 0.855. The molecule has 0 amide bonds. The minimum absolute atomic E-state index is 0.265. The number of hydrogen-bond donors (Lipinski definition) is 0. The summed E-state index contributed by atoms with van der Waals surface area (Å²) < 4.78 is 5.33. The van der Waals surface area contributed by atoms with Crippen molar-refractivity contribution in [3.8, 4) is 0 Å². The number of nitrogens with zero attached hydrogens (tertiary/aromatic N) is 1. The van der Waals surface area contributed by atoms with Crippen LogP contribution in [0.4, 0.5) is 0 Å². The zero-order valence-electron chi connectivity index (χ0n) is 7.88. The van der Waals surface area contributed by atoms with Gasteiger partial charge in [-0.25, -0.2) is 4.79 Å². The van der Waals surface area contributed by atoms with Gasteiger partial charge in [-0.15, -0.1) is 0 Å². The zero-order chi connectivity index (χ0) is 9.23. The van der Waals surface area contributed by atoms with Gasteiger partial charge in [-0.05, 0) is 12.8 Å². The Balaban J connectivity index is 3.55. The first-order chi connectivity index (χ1) is 5.85. The van der Waals surface area contributed by atoms with Gasteiger partial charge in [0.2, 0.25) is 6.08 Å². The normalized spacial score (nSPS) is 12.2. The Labute approximate surface area is 73.8 Å². The molecule has 12 heavy (non-hydrogen) atoms. The van der Waals surface area contributed by atoms with Crippen molar-refractivity contribution in [2.24, 2.45) is 4.99 Å². The third-order valence-corrected chi connectivity index (χ3v) is 1.54. The molecule has 3 heteroatoms. The molecule has 0 saturated carbocycles. The molecular weight excluding hydrogens is 154 g/mol. The molecule has 0 aromatic heterocycles. The minimum Gasteiger partial charge on any atom is -0.356 e. The van der Waals surface area contributed by atoms with E-state index in [0.29, 0.717) is 6.61 Å². The van der Waals surface area contributed by atoms with E-state index in [-0.39, 0.29) is 6.23 Å². The van der Waals surface area contributed by atoms with Gasteiger partial charge in [0, 0.05) is 6.61 Å². The predicted molar refractivity (Wildman–Crippen MR) is 47.7 cm³/mol. The second-order valence-corrected chi connectivity index (χ2v) is 2.69. The molecule has 0 heterocycles. The Morgan fingerprint density at radius 1 is 1.42 bits per heavy atom. The number of ether oxygens (including phenoxy) is 1. The molecule has 0 fully saturated rings. The van der Waals surface area contributed by atoms with Crippen molar-refractivity contribution in [1.82, 2.24) is 0 Å². The van der Waals surface area contributed by atoms with E-state index in [1.165, 1.54) is 6.08 Å². The summed E-state index contributed by atoms with van der Waals surface area (Å²) in [5, 5.41) is 0. The van der Waals surface area contributed by atoms with Gasteiger partial charge in [-0.1, -0.05) is 26.7 Å². The summed E-state index contributed by atoms with van der Waals surface area (Å²) in [4.78, 5) is 13.5. The van der Waals surface area contributed by atoms with Crippen molar-refractivity contribution in [2.45, 2.75) is 45.8 Å². The van der Waals surface area contributed by atoms with E-state index in [2.05, 4.69) is 11.9 Å². The highest BCUT2D eigenvalue weighted by Crippen LogP contribution is 2.03. The van der Waals surface area contributed by atoms with Crippen LogP contribution in [-0.4, -0.2) is 18.9 Å². The van der Waals surface area contributed by atoms with Crippen LogP contribution in [0.25, 0.3) is 0 Å². The summed E-state index contributed by atoms with van der Waals surface area (Å²) in [6.07, 6.45) is 5.17. The van der Waals surface area contributed by atoms with Crippen LogP contribution >= 0.6 is 0 Å². The first-order valence-corrected chi connectivity index (χ1v) is 4.53. The average Bonchev–Trinajstić information content (AvgIpc) is 2.06. The molecule has 0 aliphatic carbocycles. The molecule has 0 aliphatic rings. The van der Waals surface area contributed by atoms with Crippen LogP contribution in [0.1, 0.15) is 39.5 Å². The van der Waals surface area contributed by atoms with Crippen LogP contribution in [0.3, 0.4) is 0 Å². The lowest BCUT2D eigenvalue weighted by molar-refractivity contribution is 0.0514. The van der Waals surface area contributed by atoms with Gasteiger partial charge in [-0.3, -0.25) is 0 Å². The Morgan fingerprint density at radius 2 is 2.17 bits per heavy atom. The maximum absolute atomic E-state index is 9.95. The van der Waals surface area contributed by atoms with Crippen molar-refractivity contribution in [1.29, 1.82) is 0 Å². The van der Waals surface area contributed by atoms with Gasteiger partial charge in [0.05, 0.1) is 0 Å². The lowest BCUT2D eigenvalue weighted by Crippen LogP contribution is -2.10. The standard InChI is InChI=1S/C9H17NO2/c1-3-5-7-12-9(6-4-2)10-8-11/h9H,3-7H2,1-2H3. The number of isocyanates is 1. The van der Waals surface area contributed by atoms with E-state index < -0.39 is 0 Å². The van der Waals surface area contributed by atoms with Crippen LogP contribution in [-0.2, 0) is 9.53 Å². The second-order valence-electron chi connectivity index (χ2n) is 2.69. The average molecular weight is 171 g/mol. The molecule has 1 unspecified atom stereocenters. The summed E-state index contributed by atoms with van der Waals surface area (Å²) in [6.45, 7) is 4.82. The van der Waals surface area contributed by atoms with Crippen molar-refractivity contribution >= 4 is 6.08 Å². The maximum Gasteiger partial charge on any atom is 0.237 e. The van der Waals surface area contributed by atoms with Crippen LogP contribution in [0.15, 0.2) is 4.99 Å². The van der Waals surface area contributed by atoms with E-state index in [1.54, 1.807) is 0 Å². The van der Waals surface area contributed by atoms with Crippen LogP contribution in [0.2, 0.25) is 0 Å². The molecule has 1 atom stereocenters. The number of carbonyl (C=O) groups excluding carboxylic acids is 1. The molecule has 3 nitrogen and oxygen atoms in total. The number of hydrogen-bond acceptors (Lipinski definition) is 3. The van der Waals surface area contributed by atoms with Crippen LogP contribution < -0.4 is 0 Å². The van der Waals surface area contributed by atoms with Gasteiger partial charge in [-0.2, -0.15) is 4.99 Å². The van der Waals surface area contributed by atoms with Gasteiger partial charge in [0.25, 0.3) is 0 Å². The van der Waals surface area contributed by atoms with Crippen LogP contribution in [0, 0.1) is 0 Å². The highest BCUT2D eigenvalue weighted by atomic mass is 16.5. The van der Waals surface area contributed by atoms with Crippen molar-refractivity contribution in [2.75, 3.05) is 6.61 Å². The Morgan fingerprint density at radius 3 is 2.67 bits per heavy atom. The third kappa shape index (κ3) is 6.08. The van der Waals surface area contributed by atoms with Crippen molar-refractivity contribution < 1.29 is 9.53 Å². The third-order valence-electron chi connectivity index (χ3n) is 1.54. The predicted octanol–water partition coefficient (Wildman–Crippen LogP) is 2.27. The molecule has 0 aliphatic heterocycles. The number of unbranched alkanes of at least 4 members (excludes halogenated alkanes) is 1. The van der Waals surface area contributed by atoms with E-state index in [0.717, 1.165) is 25.7 Å².